The summed E-state index contributed by atoms with van der Waals surface area (Å²) < 4.78 is 1.85. The third kappa shape index (κ3) is 3.16. The number of rotatable bonds is 4. The number of aromatic nitrogens is 2. The molecule has 4 nitrogen and oxygen atoms in total. The van der Waals surface area contributed by atoms with Gasteiger partial charge in [-0.1, -0.05) is 0 Å². The van der Waals surface area contributed by atoms with E-state index < -0.39 is 0 Å². The van der Waals surface area contributed by atoms with Crippen molar-refractivity contribution in [2.24, 2.45) is 7.05 Å². The molecule has 13 heavy (non-hydrogen) atoms. The van der Waals surface area contributed by atoms with Gasteiger partial charge in [0, 0.05) is 20.1 Å². The van der Waals surface area contributed by atoms with Crippen LogP contribution in [-0.2, 0) is 13.6 Å². The van der Waals surface area contributed by atoms with Gasteiger partial charge in [-0.15, -0.1) is 0 Å². The van der Waals surface area contributed by atoms with E-state index >= 15 is 0 Å². The Morgan fingerprint density at radius 1 is 1.69 bits per heavy atom. The maximum absolute atomic E-state index is 9.02. The van der Waals surface area contributed by atoms with E-state index in [0.29, 0.717) is 6.54 Å². The van der Waals surface area contributed by atoms with Crippen LogP contribution in [0.4, 0.5) is 0 Å². The SMILES string of the molecule is Cc1cc(CNCC(C)O)n(C)n1. The molecule has 0 aliphatic rings. The predicted molar refractivity (Wildman–Crippen MR) is 51.3 cm³/mol. The van der Waals surface area contributed by atoms with Crippen LogP contribution < -0.4 is 5.32 Å². The Balaban J connectivity index is 2.40. The fourth-order valence-corrected chi connectivity index (χ4v) is 1.24. The minimum atomic E-state index is -0.297. The largest absolute Gasteiger partial charge is 0.392 e. The molecule has 0 saturated carbocycles. The average molecular weight is 183 g/mol. The molecule has 1 aromatic heterocycles. The lowest BCUT2D eigenvalue weighted by Crippen LogP contribution is -2.24. The van der Waals surface area contributed by atoms with Crippen LogP contribution in [0.1, 0.15) is 18.3 Å². The first-order valence-electron chi connectivity index (χ1n) is 4.48. The molecule has 1 heterocycles. The zero-order valence-corrected chi connectivity index (χ0v) is 8.41. The predicted octanol–water partition coefficient (Wildman–Crippen LogP) is 0.199. The number of nitrogens with one attached hydrogen (secondary N) is 1. The molecule has 74 valence electrons. The van der Waals surface area contributed by atoms with Crippen LogP contribution in [0, 0.1) is 6.92 Å². The fraction of sp³-hybridized carbons (Fsp3) is 0.667. The highest BCUT2D eigenvalue weighted by atomic mass is 16.3. The number of hydrogen-bond donors (Lipinski definition) is 2. The van der Waals surface area contributed by atoms with E-state index in [4.69, 9.17) is 5.11 Å². The van der Waals surface area contributed by atoms with Gasteiger partial charge in [0.2, 0.25) is 0 Å². The van der Waals surface area contributed by atoms with Crippen LogP contribution in [0.2, 0.25) is 0 Å². The highest BCUT2D eigenvalue weighted by Crippen LogP contribution is 2.00. The third-order valence-corrected chi connectivity index (χ3v) is 1.84. The lowest BCUT2D eigenvalue weighted by atomic mass is 10.3. The Hall–Kier alpha value is -0.870. The van der Waals surface area contributed by atoms with E-state index in [9.17, 15) is 0 Å². The van der Waals surface area contributed by atoms with Crippen molar-refractivity contribution in [3.05, 3.63) is 17.5 Å². The number of nitrogens with zero attached hydrogens (tertiary/aromatic N) is 2. The van der Waals surface area contributed by atoms with Crippen LogP contribution in [0.25, 0.3) is 0 Å². The topological polar surface area (TPSA) is 50.1 Å². The Morgan fingerprint density at radius 3 is 2.85 bits per heavy atom. The third-order valence-electron chi connectivity index (χ3n) is 1.84. The standard InChI is InChI=1S/C9H17N3O/c1-7-4-9(12(3)11-7)6-10-5-8(2)13/h4,8,10,13H,5-6H2,1-3H3. The molecule has 0 fully saturated rings. The summed E-state index contributed by atoms with van der Waals surface area (Å²) in [6, 6.07) is 2.04. The number of hydrogen-bond acceptors (Lipinski definition) is 3. The van der Waals surface area contributed by atoms with Crippen LogP contribution >= 0.6 is 0 Å². The van der Waals surface area contributed by atoms with Gasteiger partial charge < -0.3 is 10.4 Å². The van der Waals surface area contributed by atoms with Crippen LogP contribution in [0.5, 0.6) is 0 Å². The van der Waals surface area contributed by atoms with Crippen LogP contribution in [0.15, 0.2) is 6.07 Å². The lowest BCUT2D eigenvalue weighted by molar-refractivity contribution is 0.190. The molecule has 0 amide bonds. The first-order valence-corrected chi connectivity index (χ1v) is 4.48. The molecule has 0 spiro atoms. The Labute approximate surface area is 78.6 Å². The Morgan fingerprint density at radius 2 is 2.38 bits per heavy atom. The summed E-state index contributed by atoms with van der Waals surface area (Å²) in [6.45, 7) is 5.10. The first kappa shape index (κ1) is 10.2. The second-order valence-electron chi connectivity index (χ2n) is 3.38. The zero-order valence-electron chi connectivity index (χ0n) is 8.41. The quantitative estimate of drug-likeness (QED) is 0.701. The van der Waals surface area contributed by atoms with Gasteiger partial charge in [0.05, 0.1) is 17.5 Å². The molecule has 0 saturated heterocycles. The molecule has 1 unspecified atom stereocenters. The normalized spacial score (nSPS) is 13.2. The van der Waals surface area contributed by atoms with Crippen molar-refractivity contribution in [2.45, 2.75) is 26.5 Å². The number of aryl methyl sites for hydroxylation is 2. The average Bonchev–Trinajstić information content (AvgIpc) is 2.29. The monoisotopic (exact) mass is 183 g/mol. The number of aliphatic hydroxyl groups is 1. The summed E-state index contributed by atoms with van der Waals surface area (Å²) >= 11 is 0. The molecule has 0 bridgehead atoms. The summed E-state index contributed by atoms with van der Waals surface area (Å²) in [5.74, 6) is 0. The van der Waals surface area contributed by atoms with E-state index in [-0.39, 0.29) is 6.10 Å². The van der Waals surface area contributed by atoms with E-state index in [0.717, 1.165) is 17.9 Å². The second-order valence-corrected chi connectivity index (χ2v) is 3.38. The van der Waals surface area contributed by atoms with Crippen molar-refractivity contribution in [2.75, 3.05) is 6.54 Å². The van der Waals surface area contributed by atoms with Crippen molar-refractivity contribution in [3.8, 4) is 0 Å². The van der Waals surface area contributed by atoms with Gasteiger partial charge in [-0.05, 0) is 19.9 Å². The zero-order chi connectivity index (χ0) is 9.84. The van der Waals surface area contributed by atoms with E-state index in [1.165, 1.54) is 0 Å². The van der Waals surface area contributed by atoms with Gasteiger partial charge in [0.25, 0.3) is 0 Å². The molecule has 0 aliphatic heterocycles. The summed E-state index contributed by atoms with van der Waals surface area (Å²) in [7, 11) is 1.92. The van der Waals surface area contributed by atoms with Crippen molar-refractivity contribution in [1.29, 1.82) is 0 Å². The van der Waals surface area contributed by atoms with Crippen molar-refractivity contribution < 1.29 is 5.11 Å². The van der Waals surface area contributed by atoms with Crippen LogP contribution in [0.3, 0.4) is 0 Å². The van der Waals surface area contributed by atoms with Gasteiger partial charge in [0.1, 0.15) is 0 Å². The molecule has 1 rings (SSSR count). The molecule has 0 aromatic carbocycles. The second kappa shape index (κ2) is 4.39. The highest BCUT2D eigenvalue weighted by molar-refractivity contribution is 5.08. The summed E-state index contributed by atoms with van der Waals surface area (Å²) in [5.41, 5.74) is 2.16. The first-order chi connectivity index (χ1) is 6.09. The van der Waals surface area contributed by atoms with Crippen molar-refractivity contribution in [1.82, 2.24) is 15.1 Å². The molecule has 2 N–H and O–H groups in total. The summed E-state index contributed by atoms with van der Waals surface area (Å²) in [4.78, 5) is 0. The van der Waals surface area contributed by atoms with Gasteiger partial charge in [-0.3, -0.25) is 4.68 Å². The van der Waals surface area contributed by atoms with E-state index in [2.05, 4.69) is 10.4 Å². The van der Waals surface area contributed by atoms with Crippen molar-refractivity contribution >= 4 is 0 Å². The smallest absolute Gasteiger partial charge is 0.0636 e. The molecule has 1 aromatic rings. The number of aliphatic hydroxyl groups excluding tert-OH is 1. The molecule has 0 radical (unpaired) electrons. The summed E-state index contributed by atoms with van der Waals surface area (Å²) in [6.07, 6.45) is -0.297. The fourth-order valence-electron chi connectivity index (χ4n) is 1.24. The molecule has 1 atom stereocenters. The highest BCUT2D eigenvalue weighted by Gasteiger charge is 2.01. The van der Waals surface area contributed by atoms with E-state index in [1.807, 2.05) is 24.7 Å². The maximum atomic E-state index is 9.02. The molecular formula is C9H17N3O. The maximum Gasteiger partial charge on any atom is 0.0636 e. The summed E-state index contributed by atoms with van der Waals surface area (Å²) in [5, 5.41) is 16.4. The minimum Gasteiger partial charge on any atom is -0.392 e. The van der Waals surface area contributed by atoms with Gasteiger partial charge >= 0.3 is 0 Å². The van der Waals surface area contributed by atoms with Crippen LogP contribution in [-0.4, -0.2) is 27.5 Å². The Bertz CT molecular complexity index is 268. The van der Waals surface area contributed by atoms with Gasteiger partial charge in [0.15, 0.2) is 0 Å². The molecular weight excluding hydrogens is 166 g/mol. The molecule has 4 heteroatoms. The molecule has 0 aliphatic carbocycles. The van der Waals surface area contributed by atoms with Gasteiger partial charge in [-0.2, -0.15) is 5.10 Å². The minimum absolute atomic E-state index is 0.297. The lowest BCUT2D eigenvalue weighted by Gasteiger charge is -2.06. The van der Waals surface area contributed by atoms with E-state index in [1.54, 1.807) is 6.92 Å². The van der Waals surface area contributed by atoms with Crippen molar-refractivity contribution in [3.63, 3.8) is 0 Å². The Kier molecular flexibility index (Phi) is 3.45. The van der Waals surface area contributed by atoms with Gasteiger partial charge in [-0.25, -0.2) is 0 Å².